The number of aromatic nitrogens is 4. The fourth-order valence-electron chi connectivity index (χ4n) is 5.86. The molecule has 1 aliphatic heterocycles. The van der Waals surface area contributed by atoms with E-state index in [1.54, 1.807) is 24.5 Å². The number of hydrogen-bond acceptors (Lipinski definition) is 6. The van der Waals surface area contributed by atoms with Gasteiger partial charge in [-0.05, 0) is 75.5 Å². The van der Waals surface area contributed by atoms with Crippen molar-refractivity contribution in [2.45, 2.75) is 89.3 Å². The zero-order valence-corrected chi connectivity index (χ0v) is 21.4. The molecule has 192 valence electrons. The molecule has 1 amide bonds. The Hall–Kier alpha value is -3.00. The van der Waals surface area contributed by atoms with Crippen molar-refractivity contribution in [2.75, 3.05) is 18.4 Å². The van der Waals surface area contributed by atoms with Crippen molar-refractivity contribution in [1.82, 2.24) is 24.4 Å². The highest BCUT2D eigenvalue weighted by molar-refractivity contribution is 5.94. The smallest absolute Gasteiger partial charge is 0.253 e. The van der Waals surface area contributed by atoms with Gasteiger partial charge in [-0.3, -0.25) is 9.78 Å². The van der Waals surface area contributed by atoms with Crippen LogP contribution in [0.5, 0.6) is 0 Å². The minimum atomic E-state index is -0.188. The number of carbonyl (C=O) groups excluding carboxylic acids is 1. The number of nitrogens with zero attached hydrogens (tertiary/aromatic N) is 5. The molecule has 0 radical (unpaired) electrons. The quantitative estimate of drug-likeness (QED) is 0.488. The number of fused-ring (bicyclic) bond motifs is 1. The Bertz CT molecular complexity index is 1160. The average molecular weight is 491 g/mol. The lowest BCUT2D eigenvalue weighted by molar-refractivity contribution is 0.0713. The number of aliphatic hydroxyl groups is 1. The molecule has 3 aromatic rings. The predicted octanol–water partition coefficient (Wildman–Crippen LogP) is 4.92. The molecule has 5 rings (SSSR count). The van der Waals surface area contributed by atoms with E-state index in [2.05, 4.69) is 34.9 Å². The fourth-order valence-corrected chi connectivity index (χ4v) is 5.86. The number of pyridine rings is 1. The van der Waals surface area contributed by atoms with Crippen LogP contribution in [-0.4, -0.2) is 60.7 Å². The molecule has 0 aromatic carbocycles. The SMILES string of the molecule is CCCC(C)Nc1ncc2c(C3CCN(C(=O)c4ccncc4)CC3)cn(C3CCC(O)CC3)c2n1. The van der Waals surface area contributed by atoms with Crippen LogP contribution in [-0.2, 0) is 0 Å². The molecular formula is C28H38N6O2. The van der Waals surface area contributed by atoms with Gasteiger partial charge >= 0.3 is 0 Å². The summed E-state index contributed by atoms with van der Waals surface area (Å²) in [6.45, 7) is 5.84. The molecule has 1 saturated heterocycles. The molecule has 8 heteroatoms. The van der Waals surface area contributed by atoms with Gasteiger partial charge < -0.3 is 19.9 Å². The minimum absolute atomic E-state index is 0.0827. The number of anilines is 1. The molecule has 3 aromatic heterocycles. The van der Waals surface area contributed by atoms with Crippen LogP contribution in [0.2, 0.25) is 0 Å². The molecule has 1 unspecified atom stereocenters. The molecule has 1 atom stereocenters. The monoisotopic (exact) mass is 490 g/mol. The largest absolute Gasteiger partial charge is 0.393 e. The number of likely N-dealkylation sites (tertiary alicyclic amines) is 1. The van der Waals surface area contributed by atoms with E-state index in [-0.39, 0.29) is 12.0 Å². The highest BCUT2D eigenvalue weighted by Crippen LogP contribution is 2.38. The number of nitrogens with one attached hydrogen (secondary N) is 1. The van der Waals surface area contributed by atoms with Gasteiger partial charge in [-0.1, -0.05) is 13.3 Å². The third kappa shape index (κ3) is 5.24. The summed E-state index contributed by atoms with van der Waals surface area (Å²) in [4.78, 5) is 28.6. The van der Waals surface area contributed by atoms with Crippen LogP contribution in [0.3, 0.4) is 0 Å². The van der Waals surface area contributed by atoms with Crippen molar-refractivity contribution < 1.29 is 9.90 Å². The maximum Gasteiger partial charge on any atom is 0.253 e. The number of amides is 1. The van der Waals surface area contributed by atoms with Crippen LogP contribution in [0, 0.1) is 0 Å². The fraction of sp³-hybridized carbons (Fsp3) is 0.571. The first-order valence-corrected chi connectivity index (χ1v) is 13.5. The van der Waals surface area contributed by atoms with E-state index in [1.165, 1.54) is 5.56 Å². The van der Waals surface area contributed by atoms with Gasteiger partial charge in [0, 0.05) is 60.9 Å². The maximum atomic E-state index is 12.9. The van der Waals surface area contributed by atoms with Gasteiger partial charge in [0.15, 0.2) is 0 Å². The zero-order valence-electron chi connectivity index (χ0n) is 21.4. The summed E-state index contributed by atoms with van der Waals surface area (Å²) in [5.74, 6) is 1.13. The molecule has 2 fully saturated rings. The molecule has 1 aliphatic carbocycles. The highest BCUT2D eigenvalue weighted by Gasteiger charge is 2.29. The average Bonchev–Trinajstić information content (AvgIpc) is 3.28. The number of hydrogen-bond donors (Lipinski definition) is 2. The van der Waals surface area contributed by atoms with Gasteiger partial charge in [0.25, 0.3) is 5.91 Å². The van der Waals surface area contributed by atoms with Gasteiger partial charge in [-0.2, -0.15) is 4.98 Å². The lowest BCUT2D eigenvalue weighted by Gasteiger charge is -2.32. The summed E-state index contributed by atoms with van der Waals surface area (Å²) >= 11 is 0. The van der Waals surface area contributed by atoms with Gasteiger partial charge in [-0.25, -0.2) is 4.98 Å². The number of piperidine rings is 1. The van der Waals surface area contributed by atoms with Crippen molar-refractivity contribution in [3.63, 3.8) is 0 Å². The van der Waals surface area contributed by atoms with Crippen LogP contribution in [0.15, 0.2) is 36.9 Å². The zero-order chi connectivity index (χ0) is 25.1. The van der Waals surface area contributed by atoms with Crippen LogP contribution in [0.1, 0.15) is 93.1 Å². The van der Waals surface area contributed by atoms with Gasteiger partial charge in [0.1, 0.15) is 5.65 Å². The Morgan fingerprint density at radius 1 is 1.14 bits per heavy atom. The topological polar surface area (TPSA) is 96.2 Å². The second-order valence-electron chi connectivity index (χ2n) is 10.5. The summed E-state index contributed by atoms with van der Waals surface area (Å²) in [6, 6.07) is 4.23. The molecule has 2 aliphatic rings. The first-order valence-electron chi connectivity index (χ1n) is 13.5. The number of aliphatic hydroxyl groups excluding tert-OH is 1. The van der Waals surface area contributed by atoms with E-state index in [9.17, 15) is 9.90 Å². The van der Waals surface area contributed by atoms with Crippen LogP contribution in [0.4, 0.5) is 5.95 Å². The van der Waals surface area contributed by atoms with E-state index in [0.29, 0.717) is 29.5 Å². The molecule has 1 saturated carbocycles. The minimum Gasteiger partial charge on any atom is -0.393 e. The van der Waals surface area contributed by atoms with Gasteiger partial charge in [0.2, 0.25) is 5.95 Å². The number of carbonyl (C=O) groups is 1. The number of rotatable bonds is 7. The molecule has 4 heterocycles. The summed E-state index contributed by atoms with van der Waals surface area (Å²) < 4.78 is 2.35. The third-order valence-electron chi connectivity index (χ3n) is 7.91. The molecule has 36 heavy (non-hydrogen) atoms. The molecule has 2 N–H and O–H groups in total. The summed E-state index contributed by atoms with van der Waals surface area (Å²) in [5.41, 5.74) is 2.98. The van der Waals surface area contributed by atoms with Gasteiger partial charge in [0.05, 0.1) is 6.10 Å². The van der Waals surface area contributed by atoms with E-state index in [0.717, 1.165) is 75.5 Å². The summed E-state index contributed by atoms with van der Waals surface area (Å²) in [5, 5.41) is 14.7. The van der Waals surface area contributed by atoms with Crippen molar-refractivity contribution in [1.29, 1.82) is 0 Å². The second-order valence-corrected chi connectivity index (χ2v) is 10.5. The Balaban J connectivity index is 1.39. The molecule has 8 nitrogen and oxygen atoms in total. The summed E-state index contributed by atoms with van der Waals surface area (Å²) in [7, 11) is 0. The van der Waals surface area contributed by atoms with E-state index >= 15 is 0 Å². The lowest BCUT2D eigenvalue weighted by Crippen LogP contribution is -2.37. The predicted molar refractivity (Wildman–Crippen MR) is 141 cm³/mol. The van der Waals surface area contributed by atoms with Crippen molar-refractivity contribution in [2.24, 2.45) is 0 Å². The van der Waals surface area contributed by atoms with Crippen LogP contribution >= 0.6 is 0 Å². The van der Waals surface area contributed by atoms with E-state index in [4.69, 9.17) is 9.97 Å². The first kappa shape index (κ1) is 24.7. The van der Waals surface area contributed by atoms with Crippen molar-refractivity contribution in [3.8, 4) is 0 Å². The van der Waals surface area contributed by atoms with Crippen LogP contribution in [0.25, 0.3) is 11.0 Å². The normalized spacial score (nSPS) is 22.0. The standard InChI is InChI=1S/C28H38N6O2/c1-3-4-19(2)31-28-30-17-24-25(18-34(26(24)32-28)22-5-7-23(35)8-6-22)20-11-15-33(16-12-20)27(36)21-9-13-29-14-10-21/h9-10,13-14,17-20,22-23,35H,3-8,11-12,15-16H2,1-2H3,(H,30,31,32). The second kappa shape index (κ2) is 10.9. The van der Waals surface area contributed by atoms with Crippen molar-refractivity contribution in [3.05, 3.63) is 48.0 Å². The van der Waals surface area contributed by atoms with Crippen molar-refractivity contribution >= 4 is 22.9 Å². The summed E-state index contributed by atoms with van der Waals surface area (Å²) in [6.07, 6.45) is 15.1. The Morgan fingerprint density at radius 3 is 2.56 bits per heavy atom. The third-order valence-corrected chi connectivity index (χ3v) is 7.91. The molecular weight excluding hydrogens is 452 g/mol. The molecule has 0 bridgehead atoms. The van der Waals surface area contributed by atoms with Gasteiger partial charge in [-0.15, -0.1) is 0 Å². The first-order chi connectivity index (χ1) is 17.5. The van der Waals surface area contributed by atoms with Crippen LogP contribution < -0.4 is 5.32 Å². The van der Waals surface area contributed by atoms with E-state index in [1.807, 2.05) is 11.1 Å². The Kier molecular flexibility index (Phi) is 7.51. The molecule has 0 spiro atoms. The maximum absolute atomic E-state index is 12.9. The lowest BCUT2D eigenvalue weighted by atomic mass is 9.89. The Labute approximate surface area is 213 Å². The highest BCUT2D eigenvalue weighted by atomic mass is 16.3. The Morgan fingerprint density at radius 2 is 1.86 bits per heavy atom. The van der Waals surface area contributed by atoms with E-state index < -0.39 is 0 Å².